The number of aryl methyl sites for hydroxylation is 1. The first kappa shape index (κ1) is 8.81. The lowest BCUT2D eigenvalue weighted by atomic mass is 10.2. The van der Waals surface area contributed by atoms with Crippen LogP contribution in [-0.4, -0.2) is 5.11 Å². The fraction of sp³-hybridized carbons (Fsp3) is 0.143. The van der Waals surface area contributed by atoms with Crippen LogP contribution in [0.1, 0.15) is 5.56 Å². The van der Waals surface area contributed by atoms with Gasteiger partial charge in [0.1, 0.15) is 11.6 Å². The van der Waals surface area contributed by atoms with Gasteiger partial charge in [0.25, 0.3) is 0 Å². The van der Waals surface area contributed by atoms with Crippen LogP contribution < -0.4 is 0 Å². The molecule has 4 heteroatoms. The van der Waals surface area contributed by atoms with Crippen molar-refractivity contribution >= 4 is 27.5 Å². The van der Waals surface area contributed by atoms with Gasteiger partial charge in [-0.1, -0.05) is 11.6 Å². The zero-order chi connectivity index (χ0) is 8.59. The average Bonchev–Trinajstić information content (AvgIpc) is 1.97. The lowest BCUT2D eigenvalue weighted by Gasteiger charge is -2.03. The van der Waals surface area contributed by atoms with Crippen LogP contribution in [0.15, 0.2) is 10.5 Å². The molecule has 0 spiro atoms. The quantitative estimate of drug-likeness (QED) is 0.689. The van der Waals surface area contributed by atoms with Gasteiger partial charge in [-0.2, -0.15) is 0 Å². The second kappa shape index (κ2) is 2.99. The Balaban J connectivity index is 3.46. The van der Waals surface area contributed by atoms with Crippen LogP contribution in [0.4, 0.5) is 4.39 Å². The normalized spacial score (nSPS) is 10.2. The molecule has 60 valence electrons. The molecule has 0 unspecified atom stereocenters. The van der Waals surface area contributed by atoms with Crippen LogP contribution in [0.3, 0.4) is 0 Å². The number of halogens is 3. The summed E-state index contributed by atoms with van der Waals surface area (Å²) in [6.45, 7) is 1.60. The topological polar surface area (TPSA) is 20.2 Å². The highest BCUT2D eigenvalue weighted by atomic mass is 79.9. The summed E-state index contributed by atoms with van der Waals surface area (Å²) in [6, 6.07) is 1.18. The maximum atomic E-state index is 12.7. The first-order valence-electron chi connectivity index (χ1n) is 2.87. The van der Waals surface area contributed by atoms with Gasteiger partial charge in [-0.3, -0.25) is 0 Å². The summed E-state index contributed by atoms with van der Waals surface area (Å²) in [5.74, 6) is -0.551. The van der Waals surface area contributed by atoms with Gasteiger partial charge < -0.3 is 5.11 Å². The predicted octanol–water partition coefficient (Wildman–Crippen LogP) is 3.26. The molecule has 1 aromatic rings. The van der Waals surface area contributed by atoms with E-state index in [1.807, 2.05) is 0 Å². The van der Waals surface area contributed by atoms with E-state index in [-0.39, 0.29) is 15.2 Å². The predicted molar refractivity (Wildman–Crippen MR) is 45.5 cm³/mol. The van der Waals surface area contributed by atoms with Crippen molar-refractivity contribution in [2.75, 3.05) is 0 Å². The van der Waals surface area contributed by atoms with Crippen LogP contribution in [0.25, 0.3) is 0 Å². The molecule has 0 heterocycles. The van der Waals surface area contributed by atoms with Crippen LogP contribution in [0, 0.1) is 12.7 Å². The van der Waals surface area contributed by atoms with Gasteiger partial charge in [0, 0.05) is 0 Å². The van der Waals surface area contributed by atoms with Gasteiger partial charge >= 0.3 is 0 Å². The molecular formula is C7H5BrClFO. The molecule has 0 aliphatic rings. The van der Waals surface area contributed by atoms with Gasteiger partial charge in [-0.05, 0) is 34.5 Å². The van der Waals surface area contributed by atoms with E-state index in [0.717, 1.165) is 0 Å². The van der Waals surface area contributed by atoms with Crippen molar-refractivity contribution in [3.05, 3.63) is 26.9 Å². The average molecular weight is 239 g/mol. The molecule has 0 aromatic heterocycles. The SMILES string of the molecule is Cc1cc(F)c(Cl)c(Br)c1O. The second-order valence-corrected chi connectivity index (χ2v) is 3.32. The first-order chi connectivity index (χ1) is 5.04. The van der Waals surface area contributed by atoms with E-state index in [1.165, 1.54) is 6.07 Å². The largest absolute Gasteiger partial charge is 0.506 e. The second-order valence-electron chi connectivity index (χ2n) is 2.15. The summed E-state index contributed by atoms with van der Waals surface area (Å²) in [4.78, 5) is 0. The van der Waals surface area contributed by atoms with E-state index in [2.05, 4.69) is 15.9 Å². The number of benzene rings is 1. The van der Waals surface area contributed by atoms with Gasteiger partial charge in [0.05, 0.1) is 9.50 Å². The zero-order valence-corrected chi connectivity index (χ0v) is 8.00. The van der Waals surface area contributed by atoms with E-state index in [9.17, 15) is 9.50 Å². The molecular weight excluding hydrogens is 234 g/mol. The Morgan fingerprint density at radius 1 is 1.64 bits per heavy atom. The molecule has 0 aliphatic carbocycles. The molecule has 1 rings (SSSR count). The van der Waals surface area contributed by atoms with E-state index in [4.69, 9.17) is 11.6 Å². The Labute approximate surface area is 76.9 Å². The van der Waals surface area contributed by atoms with Gasteiger partial charge in [-0.25, -0.2) is 4.39 Å². The summed E-state index contributed by atoms with van der Waals surface area (Å²) in [5.41, 5.74) is 0.457. The molecule has 1 nitrogen and oxygen atoms in total. The van der Waals surface area contributed by atoms with Crippen molar-refractivity contribution < 1.29 is 9.50 Å². The Hall–Kier alpha value is -0.280. The fourth-order valence-electron chi connectivity index (χ4n) is 0.704. The third-order valence-electron chi connectivity index (χ3n) is 1.33. The summed E-state index contributed by atoms with van der Waals surface area (Å²) in [5, 5.41) is 9.12. The smallest absolute Gasteiger partial charge is 0.143 e. The van der Waals surface area contributed by atoms with Crippen molar-refractivity contribution in [2.24, 2.45) is 0 Å². The highest BCUT2D eigenvalue weighted by molar-refractivity contribution is 9.10. The molecule has 0 saturated carbocycles. The molecule has 11 heavy (non-hydrogen) atoms. The first-order valence-corrected chi connectivity index (χ1v) is 4.04. The third-order valence-corrected chi connectivity index (χ3v) is 2.70. The van der Waals surface area contributed by atoms with Gasteiger partial charge in [0.2, 0.25) is 0 Å². The van der Waals surface area contributed by atoms with E-state index >= 15 is 0 Å². The number of phenolic OH excluding ortho intramolecular Hbond substituents is 1. The summed E-state index contributed by atoms with van der Waals surface area (Å²) in [7, 11) is 0. The minimum atomic E-state index is -0.533. The van der Waals surface area contributed by atoms with Crippen molar-refractivity contribution in [2.45, 2.75) is 6.92 Å². The molecule has 1 N–H and O–H groups in total. The van der Waals surface area contributed by atoms with Crippen molar-refractivity contribution in [1.29, 1.82) is 0 Å². The highest BCUT2D eigenvalue weighted by Crippen LogP contribution is 2.35. The number of rotatable bonds is 0. The molecule has 0 fully saturated rings. The third kappa shape index (κ3) is 1.49. The lowest BCUT2D eigenvalue weighted by Crippen LogP contribution is -1.83. The molecule has 1 aromatic carbocycles. The Morgan fingerprint density at radius 3 is 2.73 bits per heavy atom. The maximum absolute atomic E-state index is 12.7. The molecule has 0 aliphatic heterocycles. The molecule has 0 saturated heterocycles. The minimum absolute atomic E-state index is 0.0172. The number of phenols is 1. The molecule has 0 radical (unpaired) electrons. The van der Waals surface area contributed by atoms with E-state index in [1.54, 1.807) is 6.92 Å². The Bertz CT molecular complexity index is 275. The summed E-state index contributed by atoms with van der Waals surface area (Å²) < 4.78 is 13.0. The number of aromatic hydroxyl groups is 1. The number of hydrogen-bond donors (Lipinski definition) is 1. The highest BCUT2D eigenvalue weighted by Gasteiger charge is 2.11. The Kier molecular flexibility index (Phi) is 2.40. The van der Waals surface area contributed by atoms with Crippen molar-refractivity contribution in [3.8, 4) is 5.75 Å². The van der Waals surface area contributed by atoms with Crippen molar-refractivity contribution in [1.82, 2.24) is 0 Å². The van der Waals surface area contributed by atoms with Crippen LogP contribution in [0.5, 0.6) is 5.75 Å². The van der Waals surface area contributed by atoms with Crippen LogP contribution in [0.2, 0.25) is 5.02 Å². The monoisotopic (exact) mass is 238 g/mol. The molecule has 0 atom stereocenters. The number of hydrogen-bond acceptors (Lipinski definition) is 1. The van der Waals surface area contributed by atoms with Crippen molar-refractivity contribution in [3.63, 3.8) is 0 Å². The zero-order valence-electron chi connectivity index (χ0n) is 5.66. The Morgan fingerprint density at radius 2 is 2.18 bits per heavy atom. The van der Waals surface area contributed by atoms with Gasteiger partial charge in [-0.15, -0.1) is 0 Å². The van der Waals surface area contributed by atoms with Crippen LogP contribution >= 0.6 is 27.5 Å². The van der Waals surface area contributed by atoms with E-state index < -0.39 is 5.82 Å². The molecule has 0 bridgehead atoms. The summed E-state index contributed by atoms with van der Waals surface area (Å²) in [6.07, 6.45) is 0. The van der Waals surface area contributed by atoms with E-state index in [0.29, 0.717) is 5.56 Å². The fourth-order valence-corrected chi connectivity index (χ4v) is 1.35. The minimum Gasteiger partial charge on any atom is -0.506 e. The lowest BCUT2D eigenvalue weighted by molar-refractivity contribution is 0.465. The van der Waals surface area contributed by atoms with Crippen LogP contribution in [-0.2, 0) is 0 Å². The summed E-state index contributed by atoms with van der Waals surface area (Å²) >= 11 is 8.43. The van der Waals surface area contributed by atoms with Gasteiger partial charge in [0.15, 0.2) is 0 Å². The maximum Gasteiger partial charge on any atom is 0.143 e. The standard InChI is InChI=1S/C7H5BrClFO/c1-3-2-4(10)6(9)5(8)7(3)11/h2,11H,1H3. The molecule has 0 amide bonds.